The van der Waals surface area contributed by atoms with E-state index in [-0.39, 0.29) is 11.9 Å². The van der Waals surface area contributed by atoms with Crippen LogP contribution in [0.25, 0.3) is 0 Å². The van der Waals surface area contributed by atoms with Crippen LogP contribution in [-0.2, 0) is 23.4 Å². The van der Waals surface area contributed by atoms with E-state index in [2.05, 4.69) is 4.18 Å². The van der Waals surface area contributed by atoms with Crippen LogP contribution in [-0.4, -0.2) is 34.0 Å². The van der Waals surface area contributed by atoms with Gasteiger partial charge in [0.2, 0.25) is 0 Å². The summed E-state index contributed by atoms with van der Waals surface area (Å²) in [6, 6.07) is 0. The molecule has 5 nitrogen and oxygen atoms in total. The van der Waals surface area contributed by atoms with Gasteiger partial charge in [-0.3, -0.25) is 4.18 Å². The molecule has 0 heterocycles. The molecule has 7 heteroatoms. The average molecular weight is 229 g/mol. The minimum absolute atomic E-state index is 0.113. The van der Waals surface area contributed by atoms with E-state index in [0.717, 1.165) is 7.11 Å². The summed E-state index contributed by atoms with van der Waals surface area (Å²) in [5, 5.41) is 0. The van der Waals surface area contributed by atoms with E-state index in [0.29, 0.717) is 13.0 Å². The lowest BCUT2D eigenvalue weighted by Crippen LogP contribution is -2.08. The third-order valence-corrected chi connectivity index (χ3v) is 3.79. The zero-order valence-corrected chi connectivity index (χ0v) is 9.44. The Morgan fingerprint density at radius 3 is 2.46 bits per heavy atom. The summed E-state index contributed by atoms with van der Waals surface area (Å²) in [6.45, 7) is 2.12. The highest BCUT2D eigenvalue weighted by Gasteiger charge is 2.18. The molecular weight excluding hydrogens is 215 g/mol. The highest BCUT2D eigenvalue weighted by Crippen LogP contribution is 2.22. The topological polar surface area (TPSA) is 69.7 Å². The molecule has 0 saturated heterocycles. The molecule has 0 spiro atoms. The van der Waals surface area contributed by atoms with Gasteiger partial charge in [-0.05, 0) is 11.5 Å². The first-order valence-corrected chi connectivity index (χ1v) is 6.81. The third-order valence-electron chi connectivity index (χ3n) is 1.26. The molecule has 0 amide bonds. The molecule has 0 aliphatic heterocycles. The van der Waals surface area contributed by atoms with Gasteiger partial charge in [-0.15, -0.1) is 4.52 Å². The van der Waals surface area contributed by atoms with Crippen molar-refractivity contribution in [1.29, 1.82) is 0 Å². The lowest BCUT2D eigenvalue weighted by molar-refractivity contribution is 0.350. The van der Waals surface area contributed by atoms with Crippen molar-refractivity contribution >= 4 is 18.1 Å². The van der Waals surface area contributed by atoms with Gasteiger partial charge in [-0.2, -0.15) is 8.42 Å². The average Bonchev–Trinajstić information content (AvgIpc) is 2.05. The van der Waals surface area contributed by atoms with E-state index in [4.69, 9.17) is 4.52 Å². The van der Waals surface area contributed by atoms with E-state index in [1.807, 2.05) is 0 Å². The van der Waals surface area contributed by atoms with Crippen molar-refractivity contribution in [3.63, 3.8) is 0 Å². The van der Waals surface area contributed by atoms with Crippen LogP contribution in [0.2, 0.25) is 0 Å². The first-order valence-electron chi connectivity index (χ1n) is 3.87. The third kappa shape index (κ3) is 7.07. The monoisotopic (exact) mass is 229 g/mol. The van der Waals surface area contributed by atoms with Gasteiger partial charge >= 0.3 is 8.03 Å². The van der Waals surface area contributed by atoms with Crippen molar-refractivity contribution < 1.29 is 21.7 Å². The first-order chi connectivity index (χ1) is 6.02. The number of rotatable bonds is 7. The summed E-state index contributed by atoms with van der Waals surface area (Å²) >= 11 is 0. The van der Waals surface area contributed by atoms with Crippen LogP contribution in [0.3, 0.4) is 0 Å². The lowest BCUT2D eigenvalue weighted by Gasteiger charge is -1.95. The summed E-state index contributed by atoms with van der Waals surface area (Å²) < 4.78 is 41.4. The maximum atomic E-state index is 10.9. The molecule has 0 aromatic rings. The molecule has 0 rings (SSSR count). The van der Waals surface area contributed by atoms with Crippen molar-refractivity contribution in [3.05, 3.63) is 0 Å². The predicted molar refractivity (Wildman–Crippen MR) is 49.5 cm³/mol. The highest BCUT2D eigenvalue weighted by atomic mass is 32.2. The molecule has 0 fully saturated rings. The Hall–Kier alpha value is -0.0300. The van der Waals surface area contributed by atoms with Crippen LogP contribution in [0.15, 0.2) is 0 Å². The first kappa shape index (κ1) is 13.0. The molecule has 0 aliphatic rings. The van der Waals surface area contributed by atoms with Crippen molar-refractivity contribution in [2.45, 2.75) is 13.3 Å². The zero-order chi connectivity index (χ0) is 10.3. The quantitative estimate of drug-likeness (QED) is 0.483. The largest absolute Gasteiger partial charge is 0.508 e. The highest BCUT2D eigenvalue weighted by molar-refractivity contribution is 7.86. The summed E-state index contributed by atoms with van der Waals surface area (Å²) in [7, 11) is -4.01. The molecule has 0 aliphatic carbocycles. The van der Waals surface area contributed by atoms with E-state index in [9.17, 15) is 13.0 Å². The molecule has 0 radical (unpaired) electrons. The van der Waals surface area contributed by atoms with E-state index >= 15 is 0 Å². The Bertz CT molecular complexity index is 248. The molecule has 1 unspecified atom stereocenters. The van der Waals surface area contributed by atoms with Crippen LogP contribution in [0.5, 0.6) is 0 Å². The Kier molecular flexibility index (Phi) is 6.41. The smallest absolute Gasteiger partial charge is 0.273 e. The molecule has 1 atom stereocenters. The van der Waals surface area contributed by atoms with Gasteiger partial charge in [0.05, 0.1) is 19.5 Å². The minimum Gasteiger partial charge on any atom is -0.273 e. The van der Waals surface area contributed by atoms with Crippen molar-refractivity contribution in [1.82, 2.24) is 0 Å². The summed E-state index contributed by atoms with van der Waals surface area (Å²) in [5.41, 5.74) is 0. The standard InChI is InChI=1S/C6H14O5PS/c1-3-11-12(7)5-4-6-13(8,9)10-2/h3-6H2,1-2H3/q+1. The van der Waals surface area contributed by atoms with Gasteiger partial charge in [-0.1, -0.05) is 0 Å². The summed E-state index contributed by atoms with van der Waals surface area (Å²) in [6.07, 6.45) is 0.553. The fourth-order valence-corrected chi connectivity index (χ4v) is 2.37. The summed E-state index contributed by atoms with van der Waals surface area (Å²) in [5.74, 6) is -0.113. The van der Waals surface area contributed by atoms with Gasteiger partial charge in [-0.25, -0.2) is 0 Å². The normalized spacial score (nSPS) is 12.9. The van der Waals surface area contributed by atoms with Gasteiger partial charge in [0, 0.05) is 6.42 Å². The molecular formula is C6H14O5PS+. The Morgan fingerprint density at radius 1 is 1.38 bits per heavy atom. The lowest BCUT2D eigenvalue weighted by atomic mass is 10.6. The fraction of sp³-hybridized carbons (Fsp3) is 1.00. The maximum Gasteiger partial charge on any atom is 0.508 e. The SMILES string of the molecule is CCO[P+](=O)CCCS(=O)(=O)OC. The van der Waals surface area contributed by atoms with Gasteiger partial charge < -0.3 is 0 Å². The molecule has 0 aromatic heterocycles. The van der Waals surface area contributed by atoms with E-state index in [1.54, 1.807) is 6.92 Å². The zero-order valence-electron chi connectivity index (χ0n) is 7.73. The summed E-state index contributed by atoms with van der Waals surface area (Å²) in [4.78, 5) is 0. The Balaban J connectivity index is 3.62. The van der Waals surface area contributed by atoms with E-state index in [1.165, 1.54) is 0 Å². The van der Waals surface area contributed by atoms with Gasteiger partial charge in [0.1, 0.15) is 0 Å². The molecule has 0 aromatic carbocycles. The van der Waals surface area contributed by atoms with Crippen LogP contribution in [0.1, 0.15) is 13.3 Å². The van der Waals surface area contributed by atoms with Crippen molar-refractivity contribution in [3.8, 4) is 0 Å². The predicted octanol–water partition coefficient (Wildman–Crippen LogP) is 1.13. The van der Waals surface area contributed by atoms with Gasteiger partial charge in [0.15, 0.2) is 6.16 Å². The Labute approximate surface area is 79.4 Å². The molecule has 0 N–H and O–H groups in total. The second kappa shape index (κ2) is 6.43. The molecule has 0 bridgehead atoms. The Morgan fingerprint density at radius 2 is 2.00 bits per heavy atom. The number of hydrogen-bond acceptors (Lipinski definition) is 5. The van der Waals surface area contributed by atoms with Crippen LogP contribution in [0.4, 0.5) is 0 Å². The van der Waals surface area contributed by atoms with Crippen molar-refractivity contribution in [2.75, 3.05) is 25.6 Å². The van der Waals surface area contributed by atoms with Crippen LogP contribution in [0, 0.1) is 0 Å². The maximum absolute atomic E-state index is 10.9. The van der Waals surface area contributed by atoms with Crippen LogP contribution < -0.4 is 0 Å². The van der Waals surface area contributed by atoms with Crippen molar-refractivity contribution in [2.24, 2.45) is 0 Å². The molecule has 78 valence electrons. The van der Waals surface area contributed by atoms with Crippen LogP contribution >= 0.6 is 8.03 Å². The number of hydrogen-bond donors (Lipinski definition) is 0. The van der Waals surface area contributed by atoms with E-state index < -0.39 is 18.1 Å². The molecule has 13 heavy (non-hydrogen) atoms. The molecule has 0 saturated carbocycles. The minimum atomic E-state index is -3.41. The van der Waals surface area contributed by atoms with Gasteiger partial charge in [0.25, 0.3) is 10.1 Å². The fourth-order valence-electron chi connectivity index (χ4n) is 0.662. The second-order valence-corrected chi connectivity index (χ2v) is 5.48. The second-order valence-electron chi connectivity index (χ2n) is 2.26.